The quantitative estimate of drug-likeness (QED) is 0.139. The number of amides is 3. The van der Waals surface area contributed by atoms with E-state index in [9.17, 15) is 14.0 Å². The fourth-order valence-electron chi connectivity index (χ4n) is 2.95. The van der Waals surface area contributed by atoms with E-state index in [1.165, 1.54) is 12.1 Å². The molecule has 0 saturated carbocycles. The second-order valence-electron chi connectivity index (χ2n) is 8.05. The fourth-order valence-corrected chi connectivity index (χ4v) is 5.98. The summed E-state index contributed by atoms with van der Waals surface area (Å²) in [7, 11) is 0. The number of carbonyl (C=O) groups excluding carboxylic acids is 2. The Morgan fingerprint density at radius 2 is 1.81 bits per heavy atom. The summed E-state index contributed by atoms with van der Waals surface area (Å²) in [4.78, 5) is 28.7. The molecule has 0 spiro atoms. The Morgan fingerprint density at radius 1 is 1.12 bits per heavy atom. The summed E-state index contributed by atoms with van der Waals surface area (Å²) in [6, 6.07) is 13.3. The number of halogens is 3. The number of nitrogens with one attached hydrogen (secondary N) is 1. The summed E-state index contributed by atoms with van der Waals surface area (Å²) < 4.78 is 16.9. The molecule has 176 valence electrons. The number of nitrogens with two attached hydrogens (primary N) is 1. The van der Waals surface area contributed by atoms with E-state index in [1.54, 1.807) is 4.90 Å². The number of hydrogen-bond acceptors (Lipinski definition) is 3. The number of rotatable bonds is 9. The molecular weight excluding hydrogens is 637 g/mol. The zero-order chi connectivity index (χ0) is 23.7. The van der Waals surface area contributed by atoms with Gasteiger partial charge in [-0.2, -0.15) is 0 Å². The molecule has 0 fully saturated rings. The van der Waals surface area contributed by atoms with Crippen LogP contribution in [0, 0.1) is 5.82 Å². The van der Waals surface area contributed by atoms with E-state index in [0.717, 1.165) is 14.9 Å². The van der Waals surface area contributed by atoms with Crippen molar-refractivity contribution in [1.29, 1.82) is 0 Å². The molecule has 0 aliphatic rings. The van der Waals surface area contributed by atoms with Crippen LogP contribution in [0.25, 0.3) is 0 Å². The number of urea groups is 1. The first-order valence-corrected chi connectivity index (χ1v) is 14.4. The fraction of sp³-hybridized carbons (Fsp3) is 0.391. The number of para-hydroxylation sites is 1. The molecule has 0 aliphatic carbocycles. The zero-order valence-electron chi connectivity index (χ0n) is 18.6. The van der Waals surface area contributed by atoms with Crippen LogP contribution >= 0.6 is 22.6 Å². The third-order valence-corrected chi connectivity index (χ3v) is 8.34. The van der Waals surface area contributed by atoms with Crippen LogP contribution < -0.4 is 37.4 Å². The number of nitrogens with zero attached hydrogens (tertiary/aromatic N) is 2. The third-order valence-electron chi connectivity index (χ3n) is 4.55. The Labute approximate surface area is 213 Å². The van der Waals surface area contributed by atoms with Gasteiger partial charge >= 0.3 is 209 Å². The summed E-state index contributed by atoms with van der Waals surface area (Å²) >= 11 is 2.22. The van der Waals surface area contributed by atoms with Gasteiger partial charge in [0, 0.05) is 0 Å². The van der Waals surface area contributed by atoms with Crippen LogP contribution in [0.15, 0.2) is 48.5 Å². The van der Waals surface area contributed by atoms with E-state index in [1.807, 2.05) is 40.7 Å². The van der Waals surface area contributed by atoms with Gasteiger partial charge in [-0.15, -0.1) is 0 Å². The van der Waals surface area contributed by atoms with Gasteiger partial charge in [0.1, 0.15) is 0 Å². The molecule has 0 aliphatic heterocycles. The van der Waals surface area contributed by atoms with Crippen molar-refractivity contribution in [3.63, 3.8) is 0 Å². The van der Waals surface area contributed by atoms with Gasteiger partial charge in [-0.3, -0.25) is 0 Å². The molecule has 3 N–H and O–H groups in total. The van der Waals surface area contributed by atoms with Crippen molar-refractivity contribution in [2.45, 2.75) is 30.7 Å². The van der Waals surface area contributed by atoms with Gasteiger partial charge in [-0.05, 0) is 0 Å². The Bertz CT molecular complexity index is 907. The van der Waals surface area contributed by atoms with E-state index >= 15 is 0 Å². The maximum atomic E-state index is 14.8. The van der Waals surface area contributed by atoms with Crippen molar-refractivity contribution in [2.24, 2.45) is 5.84 Å². The van der Waals surface area contributed by atoms with E-state index in [-0.39, 0.29) is 39.3 Å². The van der Waals surface area contributed by atoms with Crippen molar-refractivity contribution in [3.05, 3.63) is 65.5 Å². The first-order valence-electron chi connectivity index (χ1n) is 10.2. The van der Waals surface area contributed by atoms with Crippen molar-refractivity contribution in [1.82, 2.24) is 10.3 Å². The van der Waals surface area contributed by atoms with Crippen LogP contribution in [-0.2, 0) is 6.54 Å². The average Bonchev–Trinajstić information content (AvgIpc) is 2.76. The maximum absolute atomic E-state index is 14.8. The minimum atomic E-state index is -0.568. The molecule has 0 heterocycles. The molecular formula is C23H30FI2N4O2-. The summed E-state index contributed by atoms with van der Waals surface area (Å²) in [6.45, 7) is 8.09. The predicted molar refractivity (Wildman–Crippen MR) is 131 cm³/mol. The molecule has 0 atom stereocenters. The first kappa shape index (κ1) is 26.8. The topological polar surface area (TPSA) is 78.7 Å². The second kappa shape index (κ2) is 12.7. The van der Waals surface area contributed by atoms with Crippen LogP contribution in [0.5, 0.6) is 0 Å². The predicted octanol–water partition coefficient (Wildman–Crippen LogP) is 1.18. The Hall–Kier alpha value is -1.47. The van der Waals surface area contributed by atoms with Crippen molar-refractivity contribution in [3.8, 4) is 0 Å². The Morgan fingerprint density at radius 3 is 2.38 bits per heavy atom. The number of carbonyl (C=O) groups is 2. The first-order chi connectivity index (χ1) is 15.2. The molecule has 0 saturated heterocycles. The summed E-state index contributed by atoms with van der Waals surface area (Å²) in [5, 5.41) is 0. The van der Waals surface area contributed by atoms with Crippen molar-refractivity contribution >= 4 is 40.2 Å². The zero-order valence-corrected chi connectivity index (χ0v) is 22.9. The molecule has 0 aromatic heterocycles. The van der Waals surface area contributed by atoms with E-state index in [0.29, 0.717) is 27.8 Å². The van der Waals surface area contributed by atoms with Crippen LogP contribution in [0.2, 0.25) is 0 Å². The normalized spacial score (nSPS) is 11.3. The van der Waals surface area contributed by atoms with Gasteiger partial charge in [0.25, 0.3) is 0 Å². The summed E-state index contributed by atoms with van der Waals surface area (Å²) in [5.74, 6) is 4.01. The van der Waals surface area contributed by atoms with Gasteiger partial charge in [-0.1, -0.05) is 0 Å². The van der Waals surface area contributed by atoms with E-state index in [2.05, 4.69) is 43.4 Å². The number of benzene rings is 2. The third kappa shape index (κ3) is 8.14. The second-order valence-corrected chi connectivity index (χ2v) is 14.2. The van der Waals surface area contributed by atoms with Crippen LogP contribution in [-0.4, -0.2) is 42.2 Å². The van der Waals surface area contributed by atoms with Gasteiger partial charge in [0.2, 0.25) is 0 Å². The molecule has 0 bridgehead atoms. The number of hydrazine groups is 1. The number of alkyl halides is 3. The molecule has 3 amide bonds. The van der Waals surface area contributed by atoms with Crippen LogP contribution in [0.3, 0.4) is 0 Å². The van der Waals surface area contributed by atoms with Gasteiger partial charge in [0.05, 0.1) is 0 Å². The SMILES string of the molecule is CC(C)(C)[I-]CCN(CCI)C(=O)N(Cc1ccc(C(=O)NN)cc1F)c1ccccc1. The molecule has 2 rings (SSSR count). The van der Waals surface area contributed by atoms with Gasteiger partial charge in [-0.25, -0.2) is 5.84 Å². The van der Waals surface area contributed by atoms with Crippen LogP contribution in [0.4, 0.5) is 14.9 Å². The van der Waals surface area contributed by atoms with Crippen molar-refractivity contribution in [2.75, 3.05) is 26.8 Å². The molecule has 6 nitrogen and oxygen atoms in total. The molecule has 0 unspecified atom stereocenters. The molecule has 2 aromatic rings. The molecule has 32 heavy (non-hydrogen) atoms. The van der Waals surface area contributed by atoms with Crippen LogP contribution in [0.1, 0.15) is 36.7 Å². The van der Waals surface area contributed by atoms with E-state index < -0.39 is 11.7 Å². The van der Waals surface area contributed by atoms with Gasteiger partial charge < -0.3 is 0 Å². The van der Waals surface area contributed by atoms with Crippen molar-refractivity contribution < 1.29 is 35.2 Å². The standard InChI is InChI=1S/C23H30FI2N4O2/c1-23(2,3)26-12-14-29(13-11-25)22(32)30(19-7-5-4-6-8-19)16-18-10-9-17(15-20(18)24)21(31)28-27/h4-10,15H,11-14,16,27H2,1-3H3,(H,28,31)/q-1. The number of nitrogen functional groups attached to an aromatic ring is 1. The molecule has 0 radical (unpaired) electrons. The summed E-state index contributed by atoms with van der Waals surface area (Å²) in [6.07, 6.45) is 0. The van der Waals surface area contributed by atoms with E-state index in [4.69, 9.17) is 5.84 Å². The molecule has 9 heteroatoms. The Balaban J connectivity index is 2.30. The Kier molecular flexibility index (Phi) is 10.6. The number of anilines is 1. The monoisotopic (exact) mass is 667 g/mol. The van der Waals surface area contributed by atoms with Gasteiger partial charge in [0.15, 0.2) is 0 Å². The minimum absolute atomic E-state index is 0.0533. The molecule has 2 aromatic carbocycles. The average molecular weight is 667 g/mol. The number of hydrogen-bond donors (Lipinski definition) is 2. The summed E-state index contributed by atoms with van der Waals surface area (Å²) in [5.41, 5.74) is 3.15.